The molecule has 0 radical (unpaired) electrons. The zero-order valence-corrected chi connectivity index (χ0v) is 22.0. The standard InChI is InChI=1S/C23H48NO7P/c1-6-8-9-10-11-12-13-14-15-16-17-22(20-29-23(25)28-7-2)21-31-32(26,27)30-19-18-24(3,4)5/h22H,6-21H2,1-5H3. The van der Waals surface area contributed by atoms with Crippen molar-refractivity contribution in [2.75, 3.05) is 54.1 Å². The Labute approximate surface area is 196 Å². The molecule has 0 aromatic heterocycles. The third-order valence-electron chi connectivity index (χ3n) is 5.14. The van der Waals surface area contributed by atoms with Crippen molar-refractivity contribution in [1.82, 2.24) is 0 Å². The van der Waals surface area contributed by atoms with Crippen LogP contribution in [0, 0.1) is 5.92 Å². The highest BCUT2D eigenvalue weighted by atomic mass is 31.2. The Morgan fingerprint density at radius 1 is 0.844 bits per heavy atom. The van der Waals surface area contributed by atoms with E-state index in [4.69, 9.17) is 18.5 Å². The van der Waals surface area contributed by atoms with E-state index in [1.165, 1.54) is 44.9 Å². The summed E-state index contributed by atoms with van der Waals surface area (Å²) >= 11 is 0. The first-order valence-electron chi connectivity index (χ1n) is 12.3. The molecule has 0 aromatic rings. The summed E-state index contributed by atoms with van der Waals surface area (Å²) in [5, 5.41) is 0. The van der Waals surface area contributed by atoms with Gasteiger partial charge in [0, 0.05) is 5.92 Å². The molecule has 0 saturated heterocycles. The van der Waals surface area contributed by atoms with Crippen LogP contribution in [0.4, 0.5) is 4.79 Å². The van der Waals surface area contributed by atoms with Crippen molar-refractivity contribution in [1.29, 1.82) is 0 Å². The molecule has 0 bridgehead atoms. The number of phosphoric ester groups is 1. The monoisotopic (exact) mass is 481 g/mol. The van der Waals surface area contributed by atoms with Crippen LogP contribution in [0.1, 0.15) is 84.5 Å². The number of phosphoric acid groups is 1. The minimum Gasteiger partial charge on any atom is -0.756 e. The SMILES string of the molecule is CCCCCCCCCCCCC(COC(=O)OCC)COP(=O)([O-])OCC[N+](C)(C)C. The normalized spacial score (nSPS) is 14.7. The second-order valence-corrected chi connectivity index (χ2v) is 10.8. The Morgan fingerprint density at radius 3 is 1.94 bits per heavy atom. The van der Waals surface area contributed by atoms with E-state index in [1.807, 2.05) is 21.1 Å². The zero-order chi connectivity index (χ0) is 24.3. The highest BCUT2D eigenvalue weighted by Crippen LogP contribution is 2.39. The largest absolute Gasteiger partial charge is 0.756 e. The minimum atomic E-state index is -4.39. The van der Waals surface area contributed by atoms with Gasteiger partial charge in [-0.1, -0.05) is 71.1 Å². The third-order valence-corrected chi connectivity index (χ3v) is 6.11. The van der Waals surface area contributed by atoms with Gasteiger partial charge in [-0.25, -0.2) is 4.79 Å². The summed E-state index contributed by atoms with van der Waals surface area (Å²) in [7, 11) is 1.47. The van der Waals surface area contributed by atoms with Crippen LogP contribution in [-0.2, 0) is 23.1 Å². The zero-order valence-electron chi connectivity index (χ0n) is 21.1. The van der Waals surface area contributed by atoms with Crippen LogP contribution in [-0.4, -0.2) is 64.8 Å². The number of hydrogen-bond donors (Lipinski definition) is 0. The summed E-state index contributed by atoms with van der Waals surface area (Å²) in [6, 6.07) is 0. The van der Waals surface area contributed by atoms with Crippen LogP contribution in [0.25, 0.3) is 0 Å². The van der Waals surface area contributed by atoms with Crippen LogP contribution in [0.2, 0.25) is 0 Å². The molecule has 0 aliphatic carbocycles. The van der Waals surface area contributed by atoms with Gasteiger partial charge in [-0.05, 0) is 13.3 Å². The first-order valence-corrected chi connectivity index (χ1v) is 13.8. The molecule has 0 spiro atoms. The maximum Gasteiger partial charge on any atom is 0.508 e. The summed E-state index contributed by atoms with van der Waals surface area (Å²) in [4.78, 5) is 23.5. The number of quaternary nitrogens is 1. The lowest BCUT2D eigenvalue weighted by Gasteiger charge is -2.28. The Morgan fingerprint density at radius 2 is 1.41 bits per heavy atom. The van der Waals surface area contributed by atoms with Gasteiger partial charge in [0.25, 0.3) is 7.82 Å². The number of rotatable bonds is 21. The van der Waals surface area contributed by atoms with Crippen LogP contribution in [0.3, 0.4) is 0 Å². The average molecular weight is 482 g/mol. The van der Waals surface area contributed by atoms with Gasteiger partial charge in [0.05, 0.1) is 41.0 Å². The lowest BCUT2D eigenvalue weighted by Crippen LogP contribution is -2.37. The van der Waals surface area contributed by atoms with Gasteiger partial charge in [0.1, 0.15) is 13.2 Å². The van der Waals surface area contributed by atoms with Gasteiger partial charge in [-0.3, -0.25) is 4.57 Å². The summed E-state index contributed by atoms with van der Waals surface area (Å²) in [6.07, 6.45) is 12.2. The van der Waals surface area contributed by atoms with Crippen molar-refractivity contribution in [2.24, 2.45) is 5.92 Å². The second-order valence-electron chi connectivity index (χ2n) is 9.42. The molecule has 0 N–H and O–H groups in total. The van der Waals surface area contributed by atoms with E-state index >= 15 is 0 Å². The first-order chi connectivity index (χ1) is 15.1. The Hall–Kier alpha value is -0.660. The molecule has 0 fully saturated rings. The number of nitrogens with zero attached hydrogens (tertiary/aromatic N) is 1. The van der Waals surface area contributed by atoms with Gasteiger partial charge < -0.3 is 27.9 Å². The molecule has 0 aliphatic rings. The molecule has 2 atom stereocenters. The summed E-state index contributed by atoms with van der Waals surface area (Å²) < 4.78 is 32.6. The quantitative estimate of drug-likeness (QED) is 0.0951. The number of carbonyl (C=O) groups is 1. The van der Waals surface area contributed by atoms with E-state index in [2.05, 4.69) is 6.92 Å². The van der Waals surface area contributed by atoms with Gasteiger partial charge in [0.15, 0.2) is 0 Å². The summed E-state index contributed by atoms with van der Waals surface area (Å²) in [5.41, 5.74) is 0. The third kappa shape index (κ3) is 21.2. The maximum atomic E-state index is 12.0. The maximum absolute atomic E-state index is 12.0. The Balaban J connectivity index is 4.26. The molecule has 8 nitrogen and oxygen atoms in total. The number of unbranched alkanes of at least 4 members (excludes halogenated alkanes) is 9. The molecule has 0 aromatic carbocycles. The molecular weight excluding hydrogens is 433 g/mol. The van der Waals surface area contributed by atoms with E-state index in [-0.39, 0.29) is 32.3 Å². The highest BCUT2D eigenvalue weighted by molar-refractivity contribution is 7.45. The van der Waals surface area contributed by atoms with E-state index < -0.39 is 14.0 Å². The van der Waals surface area contributed by atoms with Crippen molar-refractivity contribution in [3.63, 3.8) is 0 Å². The van der Waals surface area contributed by atoms with Crippen molar-refractivity contribution in [3.05, 3.63) is 0 Å². The Kier molecular flexibility index (Phi) is 18.3. The second kappa shape index (κ2) is 18.7. The fourth-order valence-electron chi connectivity index (χ4n) is 3.14. The average Bonchev–Trinajstić information content (AvgIpc) is 2.69. The van der Waals surface area contributed by atoms with E-state index in [0.29, 0.717) is 11.0 Å². The number of hydrogen-bond acceptors (Lipinski definition) is 7. The van der Waals surface area contributed by atoms with E-state index in [0.717, 1.165) is 25.7 Å². The topological polar surface area (TPSA) is 94.1 Å². The molecule has 2 unspecified atom stereocenters. The molecule has 0 aliphatic heterocycles. The number of ether oxygens (including phenoxy) is 2. The van der Waals surface area contributed by atoms with E-state index in [1.54, 1.807) is 6.92 Å². The van der Waals surface area contributed by atoms with E-state index in [9.17, 15) is 14.3 Å². The molecule has 192 valence electrons. The van der Waals surface area contributed by atoms with Crippen molar-refractivity contribution < 1.29 is 37.3 Å². The minimum absolute atomic E-state index is 0.0622. The molecule has 32 heavy (non-hydrogen) atoms. The first kappa shape index (κ1) is 31.3. The molecule has 0 rings (SSSR count). The molecule has 0 saturated carbocycles. The van der Waals surface area contributed by atoms with Gasteiger partial charge in [0.2, 0.25) is 0 Å². The molecule has 0 heterocycles. The predicted molar refractivity (Wildman–Crippen MR) is 125 cm³/mol. The van der Waals surface area contributed by atoms with Gasteiger partial charge in [-0.2, -0.15) is 0 Å². The summed E-state index contributed by atoms with van der Waals surface area (Å²) in [6.45, 7) is 4.76. The predicted octanol–water partition coefficient (Wildman–Crippen LogP) is 5.29. The number of likely N-dealkylation sites (N-methyl/N-ethyl adjacent to an activating group) is 1. The molecule has 0 amide bonds. The lowest BCUT2D eigenvalue weighted by atomic mass is 10.0. The summed E-state index contributed by atoms with van der Waals surface area (Å²) in [5.74, 6) is -0.224. The van der Waals surface area contributed by atoms with Gasteiger partial charge >= 0.3 is 6.16 Å². The van der Waals surface area contributed by atoms with Crippen LogP contribution in [0.15, 0.2) is 0 Å². The van der Waals surface area contributed by atoms with Gasteiger partial charge in [-0.15, -0.1) is 0 Å². The van der Waals surface area contributed by atoms with Crippen molar-refractivity contribution in [2.45, 2.75) is 84.5 Å². The smallest absolute Gasteiger partial charge is 0.508 e. The van der Waals surface area contributed by atoms with Crippen molar-refractivity contribution >= 4 is 14.0 Å². The van der Waals surface area contributed by atoms with Crippen molar-refractivity contribution in [3.8, 4) is 0 Å². The fraction of sp³-hybridized carbons (Fsp3) is 0.957. The van der Waals surface area contributed by atoms with Crippen LogP contribution in [0.5, 0.6) is 0 Å². The number of carbonyl (C=O) groups excluding carboxylic acids is 1. The lowest BCUT2D eigenvalue weighted by molar-refractivity contribution is -0.870. The fourth-order valence-corrected chi connectivity index (χ4v) is 3.91. The Bertz CT molecular complexity index is 511. The highest BCUT2D eigenvalue weighted by Gasteiger charge is 2.18. The molecule has 9 heteroatoms. The molecular formula is C23H48NO7P. The van der Waals surface area contributed by atoms with Crippen LogP contribution >= 0.6 is 7.82 Å². The van der Waals surface area contributed by atoms with Crippen LogP contribution < -0.4 is 4.89 Å².